The van der Waals surface area contributed by atoms with E-state index in [9.17, 15) is 4.79 Å². The number of benzene rings is 2. The van der Waals surface area contributed by atoms with E-state index < -0.39 is 0 Å². The van der Waals surface area contributed by atoms with Gasteiger partial charge in [0.05, 0.1) is 12.1 Å². The van der Waals surface area contributed by atoms with Crippen molar-refractivity contribution in [3.63, 3.8) is 0 Å². The molecule has 2 aromatic carbocycles. The van der Waals surface area contributed by atoms with Crippen LogP contribution in [-0.2, 0) is 6.54 Å². The van der Waals surface area contributed by atoms with Crippen LogP contribution in [-0.4, -0.2) is 90.7 Å². The van der Waals surface area contributed by atoms with E-state index in [0.717, 1.165) is 55.1 Å². The van der Waals surface area contributed by atoms with Gasteiger partial charge in [0.1, 0.15) is 11.6 Å². The molecule has 1 N–H and O–H groups in total. The smallest absolute Gasteiger partial charge is 0.254 e. The summed E-state index contributed by atoms with van der Waals surface area (Å²) in [6.45, 7) is 5.62. The summed E-state index contributed by atoms with van der Waals surface area (Å²) in [4.78, 5) is 29.1. The Morgan fingerprint density at radius 2 is 1.83 bits per heavy atom. The Kier molecular flexibility index (Phi) is 6.96. The van der Waals surface area contributed by atoms with E-state index >= 15 is 0 Å². The second-order valence-electron chi connectivity index (χ2n) is 9.23. The molecular weight excluding hydrogens is 444 g/mol. The van der Waals surface area contributed by atoms with Crippen molar-refractivity contribution < 1.29 is 14.3 Å². The van der Waals surface area contributed by atoms with Gasteiger partial charge in [-0.3, -0.25) is 9.69 Å². The first-order valence-electron chi connectivity index (χ1n) is 12.1. The number of amides is 1. The maximum atomic E-state index is 13.0. The van der Waals surface area contributed by atoms with Crippen LogP contribution < -0.4 is 14.8 Å². The van der Waals surface area contributed by atoms with E-state index in [2.05, 4.69) is 35.3 Å². The van der Waals surface area contributed by atoms with Crippen LogP contribution >= 0.6 is 0 Å². The maximum Gasteiger partial charge on any atom is 0.254 e. The molecule has 1 fully saturated rings. The minimum atomic E-state index is 0.0223. The van der Waals surface area contributed by atoms with Crippen LogP contribution in [0.4, 0.5) is 5.82 Å². The summed E-state index contributed by atoms with van der Waals surface area (Å²) in [5, 5.41) is 4.55. The molecule has 184 valence electrons. The molecule has 2 aliphatic rings. The molecule has 1 amide bonds. The first-order valence-corrected chi connectivity index (χ1v) is 12.1. The number of hydrogen-bond donors (Lipinski definition) is 1. The lowest BCUT2D eigenvalue weighted by Gasteiger charge is -2.34. The lowest BCUT2D eigenvalue weighted by atomic mass is 10.1. The Bertz CT molecular complexity index is 1190. The quantitative estimate of drug-likeness (QED) is 0.497. The molecule has 0 radical (unpaired) electrons. The molecule has 1 saturated heterocycles. The Balaban J connectivity index is 1.21. The molecule has 35 heavy (non-hydrogen) atoms. The van der Waals surface area contributed by atoms with E-state index in [0.29, 0.717) is 36.7 Å². The summed E-state index contributed by atoms with van der Waals surface area (Å²) in [7, 11) is 4.17. The van der Waals surface area contributed by atoms with Crippen molar-refractivity contribution in [2.24, 2.45) is 0 Å². The number of piperazine rings is 1. The molecule has 0 aliphatic carbocycles. The van der Waals surface area contributed by atoms with E-state index in [1.807, 2.05) is 23.1 Å². The second kappa shape index (κ2) is 10.5. The summed E-state index contributed by atoms with van der Waals surface area (Å²) in [5.74, 6) is 3.03. The minimum Gasteiger partial charge on any atom is -0.454 e. The van der Waals surface area contributed by atoms with Gasteiger partial charge in [-0.1, -0.05) is 12.1 Å². The average Bonchev–Trinajstić information content (AvgIpc) is 3.34. The summed E-state index contributed by atoms with van der Waals surface area (Å²) in [6, 6.07) is 13.5. The van der Waals surface area contributed by atoms with Gasteiger partial charge in [0.15, 0.2) is 11.5 Å². The van der Waals surface area contributed by atoms with Crippen LogP contribution in [0.5, 0.6) is 11.5 Å². The first kappa shape index (κ1) is 23.3. The van der Waals surface area contributed by atoms with E-state index in [4.69, 9.17) is 19.4 Å². The number of anilines is 1. The normalized spacial score (nSPS) is 15.7. The molecule has 0 unspecified atom stereocenters. The molecule has 0 bridgehead atoms. The summed E-state index contributed by atoms with van der Waals surface area (Å²) in [5.41, 5.74) is 1.58. The molecular formula is C26H32N6O3. The number of carbonyl (C=O) groups excluding carboxylic acids is 1. The van der Waals surface area contributed by atoms with Gasteiger partial charge in [0, 0.05) is 43.7 Å². The van der Waals surface area contributed by atoms with Gasteiger partial charge in [-0.2, -0.15) is 0 Å². The van der Waals surface area contributed by atoms with E-state index in [1.165, 1.54) is 0 Å². The summed E-state index contributed by atoms with van der Waals surface area (Å²) >= 11 is 0. The Morgan fingerprint density at radius 1 is 1.03 bits per heavy atom. The SMILES string of the molecule is CN(C)CCCNc1nc(CN2CCN(C(=O)c3ccc4c(c3)OCO4)CC2)nc2ccccc12. The van der Waals surface area contributed by atoms with Gasteiger partial charge in [-0.05, 0) is 57.4 Å². The van der Waals surface area contributed by atoms with Crippen LogP contribution in [0, 0.1) is 0 Å². The number of carbonyl (C=O) groups is 1. The van der Waals surface area contributed by atoms with Crippen LogP contribution in [0.15, 0.2) is 42.5 Å². The minimum absolute atomic E-state index is 0.0223. The molecule has 3 aromatic rings. The third-order valence-electron chi connectivity index (χ3n) is 6.37. The third kappa shape index (κ3) is 5.47. The number of nitrogens with zero attached hydrogens (tertiary/aromatic N) is 5. The van der Waals surface area contributed by atoms with Crippen molar-refractivity contribution in [1.29, 1.82) is 0 Å². The molecule has 0 saturated carbocycles. The molecule has 0 atom stereocenters. The van der Waals surface area contributed by atoms with Gasteiger partial charge < -0.3 is 24.6 Å². The number of para-hydroxylation sites is 1. The van der Waals surface area contributed by atoms with Crippen LogP contribution in [0.1, 0.15) is 22.6 Å². The number of hydrogen-bond acceptors (Lipinski definition) is 8. The fourth-order valence-electron chi connectivity index (χ4n) is 4.45. The molecule has 9 heteroatoms. The highest BCUT2D eigenvalue weighted by Gasteiger charge is 2.25. The monoisotopic (exact) mass is 476 g/mol. The number of rotatable bonds is 8. The van der Waals surface area contributed by atoms with E-state index in [1.54, 1.807) is 18.2 Å². The highest BCUT2D eigenvalue weighted by atomic mass is 16.7. The van der Waals surface area contributed by atoms with Crippen LogP contribution in [0.25, 0.3) is 10.9 Å². The zero-order valence-corrected chi connectivity index (χ0v) is 20.4. The van der Waals surface area contributed by atoms with Crippen molar-refractivity contribution >= 4 is 22.6 Å². The third-order valence-corrected chi connectivity index (χ3v) is 6.37. The van der Waals surface area contributed by atoms with Crippen molar-refractivity contribution in [2.75, 3.05) is 65.5 Å². The Labute approximate surface area is 205 Å². The summed E-state index contributed by atoms with van der Waals surface area (Å²) < 4.78 is 10.8. The average molecular weight is 477 g/mol. The first-order chi connectivity index (χ1) is 17.1. The molecule has 2 aliphatic heterocycles. The fourth-order valence-corrected chi connectivity index (χ4v) is 4.45. The molecule has 1 aromatic heterocycles. The van der Waals surface area contributed by atoms with Crippen molar-refractivity contribution in [3.8, 4) is 11.5 Å². The fraction of sp³-hybridized carbons (Fsp3) is 0.423. The molecule has 0 spiro atoms. The van der Waals surface area contributed by atoms with Gasteiger partial charge in [-0.15, -0.1) is 0 Å². The number of aromatic nitrogens is 2. The van der Waals surface area contributed by atoms with Crippen molar-refractivity contribution in [3.05, 3.63) is 53.9 Å². The van der Waals surface area contributed by atoms with Crippen LogP contribution in [0.3, 0.4) is 0 Å². The largest absolute Gasteiger partial charge is 0.454 e. The second-order valence-corrected chi connectivity index (χ2v) is 9.23. The molecule has 9 nitrogen and oxygen atoms in total. The van der Waals surface area contributed by atoms with Crippen LogP contribution in [0.2, 0.25) is 0 Å². The topological polar surface area (TPSA) is 83.1 Å². The van der Waals surface area contributed by atoms with E-state index in [-0.39, 0.29) is 12.7 Å². The van der Waals surface area contributed by atoms with Gasteiger partial charge >= 0.3 is 0 Å². The van der Waals surface area contributed by atoms with Gasteiger partial charge in [0.2, 0.25) is 6.79 Å². The number of fused-ring (bicyclic) bond motifs is 2. The number of ether oxygens (including phenoxy) is 2. The lowest BCUT2D eigenvalue weighted by molar-refractivity contribution is 0.0625. The predicted molar refractivity (Wildman–Crippen MR) is 135 cm³/mol. The summed E-state index contributed by atoms with van der Waals surface area (Å²) in [6.07, 6.45) is 1.04. The highest BCUT2D eigenvalue weighted by Crippen LogP contribution is 2.33. The zero-order valence-electron chi connectivity index (χ0n) is 20.4. The van der Waals surface area contributed by atoms with Gasteiger partial charge in [-0.25, -0.2) is 9.97 Å². The molecule has 3 heterocycles. The molecule has 5 rings (SSSR count). The Hall–Kier alpha value is -3.43. The van der Waals surface area contributed by atoms with Gasteiger partial charge in [0.25, 0.3) is 5.91 Å². The predicted octanol–water partition coefficient (Wildman–Crippen LogP) is 2.68. The Morgan fingerprint density at radius 3 is 2.66 bits per heavy atom. The maximum absolute atomic E-state index is 13.0. The van der Waals surface area contributed by atoms with Crippen molar-refractivity contribution in [2.45, 2.75) is 13.0 Å². The number of nitrogens with one attached hydrogen (secondary N) is 1. The van der Waals surface area contributed by atoms with Crippen molar-refractivity contribution in [1.82, 2.24) is 24.7 Å². The standard InChI is InChI=1S/C26H32N6O3/c1-30(2)11-5-10-27-25-20-6-3-4-7-21(20)28-24(29-25)17-31-12-14-32(15-13-31)26(33)19-8-9-22-23(16-19)35-18-34-22/h3-4,6-9,16H,5,10-15,17-18H2,1-2H3,(H,27,28,29). The highest BCUT2D eigenvalue weighted by molar-refractivity contribution is 5.95. The zero-order chi connectivity index (χ0) is 24.2. The lowest BCUT2D eigenvalue weighted by Crippen LogP contribution is -2.48.